The summed E-state index contributed by atoms with van der Waals surface area (Å²) >= 11 is 0. The van der Waals surface area contributed by atoms with Crippen molar-refractivity contribution in [3.8, 4) is 0 Å². The van der Waals surface area contributed by atoms with Gasteiger partial charge in [-0.25, -0.2) is 0 Å². The molecule has 0 spiro atoms. The molecular weight excluding hydrogens is 288 g/mol. The first-order chi connectivity index (χ1) is 10.5. The van der Waals surface area contributed by atoms with Gasteiger partial charge >= 0.3 is 0 Å². The largest absolute Gasteiger partial charge is 0.395 e. The van der Waals surface area contributed by atoms with Crippen molar-refractivity contribution in [3.05, 3.63) is 11.6 Å². The van der Waals surface area contributed by atoms with E-state index in [-0.39, 0.29) is 30.6 Å². The fourth-order valence-electron chi connectivity index (χ4n) is 6.43. The third kappa shape index (κ3) is 2.12. The Hall–Kier alpha value is -0.960. The Bertz CT molecular complexity index is 563. The van der Waals surface area contributed by atoms with Gasteiger partial charge in [-0.05, 0) is 62.4 Å². The number of Topliss-reactive ketones (excluding diaryl/α,β-unsaturated/α-hetero) is 1. The van der Waals surface area contributed by atoms with Gasteiger partial charge in [0.25, 0.3) is 0 Å². The molecule has 4 aliphatic carbocycles. The number of fused-ring (bicyclic) bond motifs is 5. The SMILES string of the molecule is C.C[C@]12CCC3[C@@H](CCC4=CC(=O)CC[C@@]43CO)[C@@H]1CCC2=O. The zero-order valence-electron chi connectivity index (χ0n) is 13.4. The normalized spacial score (nSPS) is 45.5. The van der Waals surface area contributed by atoms with Crippen molar-refractivity contribution in [1.82, 2.24) is 0 Å². The molecule has 3 nitrogen and oxygen atoms in total. The lowest BCUT2D eigenvalue weighted by Crippen LogP contribution is -2.53. The molecule has 3 saturated carbocycles. The van der Waals surface area contributed by atoms with Crippen LogP contribution in [0.4, 0.5) is 0 Å². The van der Waals surface area contributed by atoms with E-state index in [2.05, 4.69) is 6.92 Å². The summed E-state index contributed by atoms with van der Waals surface area (Å²) in [5.41, 5.74) is 0.938. The van der Waals surface area contributed by atoms with Crippen LogP contribution in [0, 0.1) is 28.6 Å². The van der Waals surface area contributed by atoms with E-state index in [4.69, 9.17) is 0 Å². The van der Waals surface area contributed by atoms with Gasteiger partial charge in [-0.2, -0.15) is 0 Å². The maximum absolute atomic E-state index is 12.4. The predicted octanol–water partition coefficient (Wildman–Crippen LogP) is 3.70. The fourth-order valence-corrected chi connectivity index (χ4v) is 6.43. The van der Waals surface area contributed by atoms with E-state index in [0.29, 0.717) is 30.0 Å². The molecule has 0 bridgehead atoms. The third-order valence-corrected chi connectivity index (χ3v) is 7.68. The zero-order chi connectivity index (χ0) is 15.5. The van der Waals surface area contributed by atoms with E-state index >= 15 is 0 Å². The lowest BCUT2D eigenvalue weighted by atomic mass is 9.47. The highest BCUT2D eigenvalue weighted by molar-refractivity contribution is 5.91. The lowest BCUT2D eigenvalue weighted by molar-refractivity contribution is -0.134. The van der Waals surface area contributed by atoms with Crippen LogP contribution in [0.15, 0.2) is 11.6 Å². The van der Waals surface area contributed by atoms with Gasteiger partial charge in [-0.3, -0.25) is 9.59 Å². The summed E-state index contributed by atoms with van der Waals surface area (Å²) in [6.45, 7) is 2.36. The highest BCUT2D eigenvalue weighted by Gasteiger charge is 2.59. The monoisotopic (exact) mass is 318 g/mol. The number of ketones is 2. The van der Waals surface area contributed by atoms with E-state index in [0.717, 1.165) is 44.9 Å². The molecule has 0 aromatic rings. The van der Waals surface area contributed by atoms with Crippen molar-refractivity contribution in [2.75, 3.05) is 6.61 Å². The van der Waals surface area contributed by atoms with E-state index in [1.165, 1.54) is 5.57 Å². The smallest absolute Gasteiger partial charge is 0.155 e. The molecule has 23 heavy (non-hydrogen) atoms. The summed E-state index contributed by atoms with van der Waals surface area (Å²) in [7, 11) is 0. The van der Waals surface area contributed by atoms with Gasteiger partial charge in [-0.15, -0.1) is 0 Å². The Labute approximate surface area is 139 Å². The minimum atomic E-state index is -0.163. The summed E-state index contributed by atoms with van der Waals surface area (Å²) in [5, 5.41) is 10.2. The Morgan fingerprint density at radius 1 is 1.09 bits per heavy atom. The van der Waals surface area contributed by atoms with Crippen LogP contribution in [0.5, 0.6) is 0 Å². The second-order valence-electron chi connectivity index (χ2n) is 8.28. The Balaban J connectivity index is 0.00000156. The van der Waals surface area contributed by atoms with Crippen LogP contribution in [0.3, 0.4) is 0 Å². The molecule has 128 valence electrons. The fraction of sp³-hybridized carbons (Fsp3) is 0.800. The molecule has 0 radical (unpaired) electrons. The number of carbonyl (C=O) groups is 2. The van der Waals surface area contributed by atoms with E-state index in [9.17, 15) is 14.7 Å². The van der Waals surface area contributed by atoms with Crippen LogP contribution in [0.1, 0.15) is 65.7 Å². The van der Waals surface area contributed by atoms with E-state index < -0.39 is 0 Å². The molecule has 1 unspecified atom stereocenters. The molecule has 5 atom stereocenters. The summed E-state index contributed by atoms with van der Waals surface area (Å²) in [6.07, 6.45) is 9.06. The second-order valence-corrected chi connectivity index (χ2v) is 8.28. The van der Waals surface area contributed by atoms with Crippen LogP contribution in [-0.2, 0) is 9.59 Å². The number of aliphatic hydroxyl groups excluding tert-OH is 1. The van der Waals surface area contributed by atoms with Crippen molar-refractivity contribution < 1.29 is 14.7 Å². The molecule has 0 aromatic heterocycles. The van der Waals surface area contributed by atoms with Gasteiger partial charge in [0.15, 0.2) is 5.78 Å². The molecule has 4 aliphatic rings. The van der Waals surface area contributed by atoms with Gasteiger partial charge in [0, 0.05) is 23.7 Å². The van der Waals surface area contributed by atoms with Crippen molar-refractivity contribution in [3.63, 3.8) is 0 Å². The van der Waals surface area contributed by atoms with Gasteiger partial charge in [0.05, 0.1) is 6.61 Å². The molecule has 0 aliphatic heterocycles. The number of aliphatic hydroxyl groups is 1. The number of hydrogen-bond acceptors (Lipinski definition) is 3. The van der Waals surface area contributed by atoms with Crippen LogP contribution in [0.2, 0.25) is 0 Å². The van der Waals surface area contributed by atoms with Gasteiger partial charge in [0.1, 0.15) is 5.78 Å². The third-order valence-electron chi connectivity index (χ3n) is 7.68. The highest BCUT2D eigenvalue weighted by atomic mass is 16.3. The highest BCUT2D eigenvalue weighted by Crippen LogP contribution is 2.64. The minimum absolute atomic E-state index is 0. The topological polar surface area (TPSA) is 54.4 Å². The molecule has 0 aromatic carbocycles. The summed E-state index contributed by atoms with van der Waals surface area (Å²) < 4.78 is 0. The minimum Gasteiger partial charge on any atom is -0.395 e. The maximum atomic E-state index is 12.4. The van der Waals surface area contributed by atoms with Crippen LogP contribution in [0.25, 0.3) is 0 Å². The first-order valence-corrected chi connectivity index (χ1v) is 8.89. The standard InChI is InChI=1S/C19H26O3.CH4/c1-18-8-7-16-14(15(18)4-5-17(18)22)3-2-12-10-13(21)6-9-19(12,16)11-20;/h10,14-16,20H,2-9,11H2,1H3;1H4/t14-,15-,16?,18-,19+;/m0./s1. The molecular formula is C20H30O3. The summed E-state index contributed by atoms with van der Waals surface area (Å²) in [5.74, 6) is 2.22. The van der Waals surface area contributed by atoms with Gasteiger partial charge in [0.2, 0.25) is 0 Å². The molecule has 1 N–H and O–H groups in total. The Morgan fingerprint density at radius 2 is 1.87 bits per heavy atom. The molecule has 0 saturated heterocycles. The van der Waals surface area contributed by atoms with Gasteiger partial charge in [-0.1, -0.05) is 19.9 Å². The van der Waals surface area contributed by atoms with Crippen LogP contribution >= 0.6 is 0 Å². The average molecular weight is 318 g/mol. The first-order valence-electron chi connectivity index (χ1n) is 8.89. The quantitative estimate of drug-likeness (QED) is 0.802. The van der Waals surface area contributed by atoms with Crippen LogP contribution < -0.4 is 0 Å². The average Bonchev–Trinajstić information content (AvgIpc) is 2.82. The second kappa shape index (κ2) is 5.54. The van der Waals surface area contributed by atoms with Crippen molar-refractivity contribution in [1.29, 1.82) is 0 Å². The molecule has 0 heterocycles. The number of hydrogen-bond donors (Lipinski definition) is 1. The Kier molecular flexibility index (Phi) is 4.07. The van der Waals surface area contributed by atoms with Crippen molar-refractivity contribution >= 4 is 11.6 Å². The van der Waals surface area contributed by atoms with Crippen molar-refractivity contribution in [2.24, 2.45) is 28.6 Å². The van der Waals surface area contributed by atoms with E-state index in [1.54, 1.807) is 0 Å². The molecule has 3 heteroatoms. The number of carbonyl (C=O) groups excluding carboxylic acids is 2. The molecule has 4 rings (SSSR count). The number of rotatable bonds is 1. The van der Waals surface area contributed by atoms with Crippen LogP contribution in [-0.4, -0.2) is 23.3 Å². The molecule has 0 amide bonds. The first kappa shape index (κ1) is 16.9. The zero-order valence-corrected chi connectivity index (χ0v) is 13.4. The maximum Gasteiger partial charge on any atom is 0.155 e. The van der Waals surface area contributed by atoms with Crippen molar-refractivity contribution in [2.45, 2.75) is 65.7 Å². The predicted molar refractivity (Wildman–Crippen MR) is 89.9 cm³/mol. The summed E-state index contributed by atoms with van der Waals surface area (Å²) in [6, 6.07) is 0. The van der Waals surface area contributed by atoms with E-state index in [1.807, 2.05) is 6.08 Å². The molecule has 3 fully saturated rings. The summed E-state index contributed by atoms with van der Waals surface area (Å²) in [4.78, 5) is 24.2. The lowest BCUT2D eigenvalue weighted by Gasteiger charge is -2.57. The Morgan fingerprint density at radius 3 is 2.61 bits per heavy atom. The van der Waals surface area contributed by atoms with Gasteiger partial charge < -0.3 is 5.11 Å².